The molecular formula is C5H13BFNO3. The van der Waals surface area contributed by atoms with E-state index in [-0.39, 0.29) is 0 Å². The van der Waals surface area contributed by atoms with E-state index in [1.807, 2.05) is 0 Å². The summed E-state index contributed by atoms with van der Waals surface area (Å²) in [5.41, 5.74) is 0. The monoisotopic (exact) mass is 165 g/mol. The van der Waals surface area contributed by atoms with Gasteiger partial charge in [-0.05, 0) is 0 Å². The fraction of sp³-hybridized carbons (Fsp3) is 1.00. The standard InChI is InChI=1S/C5H13BFNO3/c1-4(6(9)10)5(11-2)8-3-7/h4-5,8-10H,3H2,1-2H3/t4-,5?/m0/s1. The van der Waals surface area contributed by atoms with Crippen LogP contribution in [0.3, 0.4) is 0 Å². The maximum absolute atomic E-state index is 11.7. The molecule has 3 N–H and O–H groups in total. The molecule has 0 aliphatic rings. The van der Waals surface area contributed by atoms with Gasteiger partial charge in [0.15, 0.2) is 0 Å². The molecule has 0 heterocycles. The fourth-order valence-corrected chi connectivity index (χ4v) is 0.716. The first kappa shape index (κ1) is 10.8. The van der Waals surface area contributed by atoms with Crippen molar-refractivity contribution >= 4 is 7.12 Å². The van der Waals surface area contributed by atoms with Crippen LogP contribution in [0.2, 0.25) is 5.82 Å². The van der Waals surface area contributed by atoms with Gasteiger partial charge in [-0.1, -0.05) is 6.92 Å². The highest BCUT2D eigenvalue weighted by molar-refractivity contribution is 6.43. The lowest BCUT2D eigenvalue weighted by Crippen LogP contribution is -2.40. The summed E-state index contributed by atoms with van der Waals surface area (Å²) in [5, 5.41) is 19.6. The largest absolute Gasteiger partial charge is 0.458 e. The lowest BCUT2D eigenvalue weighted by atomic mass is 9.73. The molecule has 0 bridgehead atoms. The van der Waals surface area contributed by atoms with Crippen LogP contribution >= 0.6 is 0 Å². The average Bonchev–Trinajstić information content (AvgIpc) is 1.98. The van der Waals surface area contributed by atoms with Gasteiger partial charge in [-0.2, -0.15) is 0 Å². The average molecular weight is 165 g/mol. The van der Waals surface area contributed by atoms with Crippen molar-refractivity contribution in [1.29, 1.82) is 0 Å². The molecule has 0 aromatic rings. The quantitative estimate of drug-likeness (QED) is 0.287. The minimum Gasteiger partial charge on any atom is -0.427 e. The molecule has 0 aromatic heterocycles. The van der Waals surface area contributed by atoms with Crippen molar-refractivity contribution < 1.29 is 19.2 Å². The Morgan fingerprint density at radius 2 is 2.18 bits per heavy atom. The molecule has 0 amide bonds. The lowest BCUT2D eigenvalue weighted by Gasteiger charge is -2.21. The molecular weight excluding hydrogens is 152 g/mol. The van der Waals surface area contributed by atoms with Gasteiger partial charge < -0.3 is 14.8 Å². The zero-order chi connectivity index (χ0) is 8.85. The van der Waals surface area contributed by atoms with Crippen molar-refractivity contribution in [1.82, 2.24) is 5.32 Å². The number of hydrogen-bond acceptors (Lipinski definition) is 4. The number of halogens is 1. The molecule has 0 spiro atoms. The molecule has 2 atom stereocenters. The van der Waals surface area contributed by atoms with Gasteiger partial charge in [0, 0.05) is 12.9 Å². The van der Waals surface area contributed by atoms with Crippen LogP contribution in [0.15, 0.2) is 0 Å². The molecule has 4 nitrogen and oxygen atoms in total. The van der Waals surface area contributed by atoms with Crippen molar-refractivity contribution in [2.75, 3.05) is 13.9 Å². The van der Waals surface area contributed by atoms with Crippen molar-refractivity contribution in [2.24, 2.45) is 0 Å². The second-order valence-electron chi connectivity index (χ2n) is 2.27. The Balaban J connectivity index is 3.81. The van der Waals surface area contributed by atoms with Gasteiger partial charge in [0.25, 0.3) is 0 Å². The second-order valence-corrected chi connectivity index (χ2v) is 2.27. The molecule has 0 saturated heterocycles. The van der Waals surface area contributed by atoms with E-state index in [2.05, 4.69) is 5.32 Å². The lowest BCUT2D eigenvalue weighted by molar-refractivity contribution is 0.0535. The smallest absolute Gasteiger partial charge is 0.427 e. The molecule has 6 heteroatoms. The van der Waals surface area contributed by atoms with Crippen molar-refractivity contribution in [3.63, 3.8) is 0 Å². The predicted octanol–water partition coefficient (Wildman–Crippen LogP) is -0.662. The Morgan fingerprint density at radius 1 is 1.64 bits per heavy atom. The van der Waals surface area contributed by atoms with E-state index in [0.29, 0.717) is 0 Å². The van der Waals surface area contributed by atoms with E-state index in [9.17, 15) is 4.39 Å². The summed E-state index contributed by atoms with van der Waals surface area (Å²) in [6.45, 7) is 0.789. The zero-order valence-electron chi connectivity index (χ0n) is 6.62. The molecule has 66 valence electrons. The van der Waals surface area contributed by atoms with Crippen molar-refractivity contribution in [2.45, 2.75) is 19.0 Å². The van der Waals surface area contributed by atoms with Gasteiger partial charge in [-0.15, -0.1) is 0 Å². The summed E-state index contributed by atoms with van der Waals surface area (Å²) in [6.07, 6.45) is -0.667. The van der Waals surface area contributed by atoms with E-state index in [0.717, 1.165) is 0 Å². The number of nitrogens with one attached hydrogen (secondary N) is 1. The van der Waals surface area contributed by atoms with E-state index < -0.39 is 26.0 Å². The summed E-state index contributed by atoms with van der Waals surface area (Å²) in [7, 11) is -0.134. The maximum Gasteiger partial charge on any atom is 0.458 e. The molecule has 0 aliphatic heterocycles. The summed E-state index contributed by atoms with van der Waals surface area (Å²) in [4.78, 5) is 0. The van der Waals surface area contributed by atoms with Crippen molar-refractivity contribution in [3.05, 3.63) is 0 Å². The molecule has 0 aromatic carbocycles. The third kappa shape index (κ3) is 3.66. The first-order valence-corrected chi connectivity index (χ1v) is 3.31. The summed E-state index contributed by atoms with van der Waals surface area (Å²) in [6, 6.07) is 0. The highest BCUT2D eigenvalue weighted by Crippen LogP contribution is 2.11. The second kappa shape index (κ2) is 5.48. The van der Waals surface area contributed by atoms with Crippen LogP contribution in [-0.4, -0.2) is 37.3 Å². The summed E-state index contributed by atoms with van der Waals surface area (Å²) in [5.74, 6) is -0.559. The van der Waals surface area contributed by atoms with Gasteiger partial charge in [-0.3, -0.25) is 5.32 Å². The Kier molecular flexibility index (Phi) is 5.40. The van der Waals surface area contributed by atoms with E-state index in [1.165, 1.54) is 7.11 Å². The first-order valence-electron chi connectivity index (χ1n) is 3.31. The third-order valence-electron chi connectivity index (χ3n) is 1.48. The maximum atomic E-state index is 11.7. The number of rotatable bonds is 5. The molecule has 11 heavy (non-hydrogen) atoms. The predicted molar refractivity (Wildman–Crippen MR) is 39.5 cm³/mol. The molecule has 1 unspecified atom stereocenters. The zero-order valence-corrected chi connectivity index (χ0v) is 6.62. The van der Waals surface area contributed by atoms with Gasteiger partial charge in [0.1, 0.15) is 13.0 Å². The number of methoxy groups -OCH3 is 1. The van der Waals surface area contributed by atoms with Crippen molar-refractivity contribution in [3.8, 4) is 0 Å². The van der Waals surface area contributed by atoms with Gasteiger partial charge in [0.2, 0.25) is 0 Å². The van der Waals surface area contributed by atoms with Crippen LogP contribution in [0, 0.1) is 0 Å². The Morgan fingerprint density at radius 3 is 2.45 bits per heavy atom. The molecule has 0 saturated carbocycles. The Hall–Kier alpha value is -0.165. The Labute approximate surface area is 65.5 Å². The SMILES string of the molecule is COC(NCF)[C@H](C)B(O)O. The molecule has 0 fully saturated rings. The fourth-order valence-electron chi connectivity index (χ4n) is 0.716. The number of ether oxygens (including phenoxy) is 1. The highest BCUT2D eigenvalue weighted by atomic mass is 19.1. The van der Waals surface area contributed by atoms with E-state index in [1.54, 1.807) is 6.92 Å². The van der Waals surface area contributed by atoms with Gasteiger partial charge in [0.05, 0.1) is 0 Å². The third-order valence-corrected chi connectivity index (χ3v) is 1.48. The molecule has 0 radical (unpaired) electrons. The minimum absolute atomic E-state index is 0.559. The van der Waals surface area contributed by atoms with E-state index >= 15 is 0 Å². The Bertz CT molecular complexity index is 106. The molecule has 0 rings (SSSR count). The van der Waals surface area contributed by atoms with Crippen LogP contribution in [0.4, 0.5) is 4.39 Å². The van der Waals surface area contributed by atoms with Gasteiger partial charge in [-0.25, -0.2) is 4.39 Å². The van der Waals surface area contributed by atoms with Gasteiger partial charge >= 0.3 is 7.12 Å². The molecule has 0 aliphatic carbocycles. The van der Waals surface area contributed by atoms with Crippen LogP contribution in [0.1, 0.15) is 6.92 Å². The van der Waals surface area contributed by atoms with Crippen LogP contribution in [0.25, 0.3) is 0 Å². The highest BCUT2D eigenvalue weighted by Gasteiger charge is 2.26. The summed E-state index contributed by atoms with van der Waals surface area (Å²) < 4.78 is 16.4. The topological polar surface area (TPSA) is 61.7 Å². The van der Waals surface area contributed by atoms with Crippen LogP contribution in [-0.2, 0) is 4.74 Å². The minimum atomic E-state index is -1.50. The first-order chi connectivity index (χ1) is 5.13. The number of alkyl halides is 1. The summed E-state index contributed by atoms with van der Waals surface area (Å²) >= 11 is 0. The van der Waals surface area contributed by atoms with Crippen LogP contribution in [0.5, 0.6) is 0 Å². The number of hydrogen-bond donors (Lipinski definition) is 3. The normalized spacial score (nSPS) is 16.1. The van der Waals surface area contributed by atoms with Crippen LogP contribution < -0.4 is 5.32 Å². The van der Waals surface area contributed by atoms with E-state index in [4.69, 9.17) is 14.8 Å².